The third-order valence-corrected chi connectivity index (χ3v) is 2.44. The summed E-state index contributed by atoms with van der Waals surface area (Å²) in [5.41, 5.74) is 5.81. The topological polar surface area (TPSA) is 72.6 Å². The van der Waals surface area contributed by atoms with Gasteiger partial charge in [-0.2, -0.15) is 0 Å². The van der Waals surface area contributed by atoms with Gasteiger partial charge in [-0.25, -0.2) is 0 Å². The molecule has 106 valence electrons. The largest absolute Gasteiger partial charge is 0.465 e. The second-order valence-corrected chi connectivity index (χ2v) is 4.81. The van der Waals surface area contributed by atoms with Crippen LogP contribution in [0.2, 0.25) is 0 Å². The maximum absolute atomic E-state index is 12.1. The Hall–Kier alpha value is -1.10. The zero-order valence-corrected chi connectivity index (χ0v) is 11.9. The van der Waals surface area contributed by atoms with Crippen LogP contribution in [0.5, 0.6) is 0 Å². The second kappa shape index (κ2) is 8.91. The van der Waals surface area contributed by atoms with Gasteiger partial charge >= 0.3 is 5.97 Å². The fourth-order valence-corrected chi connectivity index (χ4v) is 1.70. The third-order valence-electron chi connectivity index (χ3n) is 2.44. The van der Waals surface area contributed by atoms with Crippen molar-refractivity contribution in [3.05, 3.63) is 0 Å². The number of rotatable bonds is 8. The highest BCUT2D eigenvalue weighted by atomic mass is 16.5. The lowest BCUT2D eigenvalue weighted by molar-refractivity contribution is -0.149. The predicted molar refractivity (Wildman–Crippen MR) is 70.9 cm³/mol. The summed E-state index contributed by atoms with van der Waals surface area (Å²) < 4.78 is 4.87. The van der Waals surface area contributed by atoms with Crippen LogP contribution in [0.25, 0.3) is 0 Å². The van der Waals surface area contributed by atoms with E-state index in [1.807, 2.05) is 20.8 Å². The van der Waals surface area contributed by atoms with E-state index in [4.69, 9.17) is 10.5 Å². The minimum atomic E-state index is -0.525. The quantitative estimate of drug-likeness (QED) is 0.663. The second-order valence-electron chi connectivity index (χ2n) is 4.81. The van der Waals surface area contributed by atoms with Crippen LogP contribution in [0, 0.1) is 5.92 Å². The number of ether oxygens (including phenoxy) is 1. The number of nitrogens with two attached hydrogens (primary N) is 1. The molecule has 1 amide bonds. The van der Waals surface area contributed by atoms with E-state index in [1.54, 1.807) is 6.92 Å². The van der Waals surface area contributed by atoms with Crippen LogP contribution in [0.1, 0.15) is 40.5 Å². The van der Waals surface area contributed by atoms with Crippen molar-refractivity contribution >= 4 is 11.9 Å². The fourth-order valence-electron chi connectivity index (χ4n) is 1.70. The Labute approximate surface area is 110 Å². The van der Waals surface area contributed by atoms with Crippen LogP contribution in [-0.2, 0) is 14.3 Å². The van der Waals surface area contributed by atoms with Crippen molar-refractivity contribution in [2.24, 2.45) is 11.7 Å². The highest BCUT2D eigenvalue weighted by Crippen LogP contribution is 2.05. The normalized spacial score (nSPS) is 12.3. The molecule has 0 aromatic rings. The molecule has 0 saturated heterocycles. The van der Waals surface area contributed by atoms with Gasteiger partial charge in [0, 0.05) is 6.54 Å². The van der Waals surface area contributed by atoms with Crippen LogP contribution in [0.4, 0.5) is 0 Å². The Morgan fingerprint density at radius 1 is 1.28 bits per heavy atom. The van der Waals surface area contributed by atoms with E-state index in [1.165, 1.54) is 4.90 Å². The Morgan fingerprint density at radius 2 is 1.89 bits per heavy atom. The molecule has 5 nitrogen and oxygen atoms in total. The number of carbonyl (C=O) groups excluding carboxylic acids is 2. The average Bonchev–Trinajstić information content (AvgIpc) is 2.27. The standard InChI is InChI=1S/C13H26N2O3/c1-5-7-11(14)13(17)15(8-10(3)4)9-12(16)18-6-2/h10-11H,5-9,14H2,1-4H3/t11-/m0/s1. The van der Waals surface area contributed by atoms with Gasteiger partial charge in [0.2, 0.25) is 5.91 Å². The number of nitrogens with zero attached hydrogens (tertiary/aromatic N) is 1. The molecule has 0 unspecified atom stereocenters. The van der Waals surface area contributed by atoms with Crippen molar-refractivity contribution in [3.8, 4) is 0 Å². The minimum absolute atomic E-state index is 0.0116. The molecule has 0 aliphatic rings. The van der Waals surface area contributed by atoms with Crippen molar-refractivity contribution in [1.29, 1.82) is 0 Å². The highest BCUT2D eigenvalue weighted by Gasteiger charge is 2.23. The third kappa shape index (κ3) is 6.59. The van der Waals surface area contributed by atoms with Crippen LogP contribution >= 0.6 is 0 Å². The summed E-state index contributed by atoms with van der Waals surface area (Å²) in [6, 6.07) is -0.525. The van der Waals surface area contributed by atoms with Gasteiger partial charge in [0.05, 0.1) is 12.6 Å². The number of hydrogen-bond acceptors (Lipinski definition) is 4. The summed E-state index contributed by atoms with van der Waals surface area (Å²) in [5, 5.41) is 0. The molecule has 0 fully saturated rings. The predicted octanol–water partition coefficient (Wildman–Crippen LogP) is 1.16. The lowest BCUT2D eigenvalue weighted by atomic mass is 10.1. The molecule has 0 saturated carbocycles. The Morgan fingerprint density at radius 3 is 2.33 bits per heavy atom. The van der Waals surface area contributed by atoms with Crippen molar-refractivity contribution in [3.63, 3.8) is 0 Å². The molecule has 5 heteroatoms. The maximum atomic E-state index is 12.1. The van der Waals surface area contributed by atoms with Gasteiger partial charge in [-0.05, 0) is 19.3 Å². The molecule has 0 heterocycles. The zero-order valence-electron chi connectivity index (χ0n) is 11.9. The summed E-state index contributed by atoms with van der Waals surface area (Å²) in [5.74, 6) is -0.258. The highest BCUT2D eigenvalue weighted by molar-refractivity contribution is 5.85. The summed E-state index contributed by atoms with van der Waals surface area (Å²) >= 11 is 0. The summed E-state index contributed by atoms with van der Waals surface area (Å²) in [7, 11) is 0. The summed E-state index contributed by atoms with van der Waals surface area (Å²) in [6.45, 7) is 8.55. The van der Waals surface area contributed by atoms with Gasteiger partial charge in [0.15, 0.2) is 0 Å². The molecule has 0 aliphatic heterocycles. The summed E-state index contributed by atoms with van der Waals surface area (Å²) in [4.78, 5) is 25.1. The van der Waals surface area contributed by atoms with E-state index in [0.29, 0.717) is 19.6 Å². The lowest BCUT2D eigenvalue weighted by Crippen LogP contribution is -2.47. The van der Waals surface area contributed by atoms with Gasteiger partial charge in [0.25, 0.3) is 0 Å². The van der Waals surface area contributed by atoms with Gasteiger partial charge < -0.3 is 15.4 Å². The number of hydrogen-bond donors (Lipinski definition) is 1. The molecule has 0 aromatic carbocycles. The van der Waals surface area contributed by atoms with E-state index >= 15 is 0 Å². The van der Waals surface area contributed by atoms with E-state index in [2.05, 4.69) is 0 Å². The Kier molecular flexibility index (Phi) is 8.37. The molecular weight excluding hydrogens is 232 g/mol. The Balaban J connectivity index is 4.55. The molecule has 0 spiro atoms. The summed E-state index contributed by atoms with van der Waals surface area (Å²) in [6.07, 6.45) is 1.48. The van der Waals surface area contributed by atoms with Crippen molar-refractivity contribution in [2.75, 3.05) is 19.7 Å². The molecule has 0 aromatic heterocycles. The van der Waals surface area contributed by atoms with E-state index < -0.39 is 6.04 Å². The Bertz CT molecular complexity index is 267. The van der Waals surface area contributed by atoms with E-state index in [0.717, 1.165) is 6.42 Å². The molecule has 0 rings (SSSR count). The van der Waals surface area contributed by atoms with E-state index in [9.17, 15) is 9.59 Å². The SMILES string of the molecule is CCC[C@H](N)C(=O)N(CC(=O)OCC)CC(C)C. The molecule has 2 N–H and O–H groups in total. The van der Waals surface area contributed by atoms with Crippen LogP contribution in [-0.4, -0.2) is 42.5 Å². The first-order valence-corrected chi connectivity index (χ1v) is 6.62. The van der Waals surface area contributed by atoms with Crippen LogP contribution in [0.15, 0.2) is 0 Å². The number of amides is 1. The van der Waals surface area contributed by atoms with Crippen molar-refractivity contribution in [2.45, 2.75) is 46.6 Å². The van der Waals surface area contributed by atoms with Gasteiger partial charge in [-0.1, -0.05) is 27.2 Å². The zero-order chi connectivity index (χ0) is 14.1. The monoisotopic (exact) mass is 258 g/mol. The molecule has 0 bridgehead atoms. The number of carbonyl (C=O) groups is 2. The molecule has 0 aliphatic carbocycles. The molecular formula is C13H26N2O3. The molecule has 18 heavy (non-hydrogen) atoms. The minimum Gasteiger partial charge on any atom is -0.465 e. The van der Waals surface area contributed by atoms with E-state index in [-0.39, 0.29) is 24.3 Å². The van der Waals surface area contributed by atoms with Crippen molar-refractivity contribution < 1.29 is 14.3 Å². The molecule has 0 radical (unpaired) electrons. The fraction of sp³-hybridized carbons (Fsp3) is 0.846. The first kappa shape index (κ1) is 16.9. The maximum Gasteiger partial charge on any atom is 0.325 e. The van der Waals surface area contributed by atoms with Gasteiger partial charge in [-0.3, -0.25) is 9.59 Å². The molecule has 1 atom stereocenters. The smallest absolute Gasteiger partial charge is 0.325 e. The first-order valence-electron chi connectivity index (χ1n) is 6.62. The van der Waals surface area contributed by atoms with Crippen LogP contribution < -0.4 is 5.73 Å². The van der Waals surface area contributed by atoms with Crippen molar-refractivity contribution in [1.82, 2.24) is 4.90 Å². The van der Waals surface area contributed by atoms with Gasteiger partial charge in [0.1, 0.15) is 6.54 Å². The average molecular weight is 258 g/mol. The first-order chi connectivity index (χ1) is 8.42. The lowest BCUT2D eigenvalue weighted by Gasteiger charge is -2.26. The number of esters is 1. The van der Waals surface area contributed by atoms with Crippen LogP contribution in [0.3, 0.4) is 0 Å². The van der Waals surface area contributed by atoms with Gasteiger partial charge in [-0.15, -0.1) is 0 Å².